The summed E-state index contributed by atoms with van der Waals surface area (Å²) >= 11 is 0. The first-order valence-corrected chi connectivity index (χ1v) is 16.0. The highest BCUT2D eigenvalue weighted by Gasteiger charge is 2.35. The molecule has 1 aromatic carbocycles. The second-order valence-corrected chi connectivity index (χ2v) is 13.4. The Balaban J connectivity index is 1.57. The van der Waals surface area contributed by atoms with Crippen LogP contribution in [0.2, 0.25) is 0 Å². The van der Waals surface area contributed by atoms with Crippen molar-refractivity contribution in [1.29, 1.82) is 0 Å². The van der Waals surface area contributed by atoms with Crippen molar-refractivity contribution in [3.05, 3.63) is 35.2 Å². The zero-order valence-corrected chi connectivity index (χ0v) is 26.4. The molecule has 2 aromatic rings. The fourth-order valence-corrected chi connectivity index (χ4v) is 6.85. The third-order valence-corrected chi connectivity index (χ3v) is 10.1. The van der Waals surface area contributed by atoms with Gasteiger partial charge in [-0.3, -0.25) is 14.5 Å². The van der Waals surface area contributed by atoms with Gasteiger partial charge in [0.15, 0.2) is 5.76 Å². The van der Waals surface area contributed by atoms with Crippen LogP contribution in [-0.4, -0.2) is 116 Å². The summed E-state index contributed by atoms with van der Waals surface area (Å²) in [6.07, 6.45) is -0.337. The van der Waals surface area contributed by atoms with E-state index in [1.54, 1.807) is 43.9 Å². The van der Waals surface area contributed by atoms with Crippen molar-refractivity contribution in [1.82, 2.24) is 19.3 Å². The normalized spacial score (nSPS) is 21.0. The standard InChI is InChI=1S/C29H43N5O8S/c1-19-16-34(20(2)18-35)28(37)15-23-14-24(30-27(36)8-9-33-10-12-40-13-11-33)6-7-25(23)41-26(19)17-32(5)43(38,39)29-21(3)31-42-22(29)4/h6-7,14,19-20,26,35H,8-13,15-18H2,1-5H3,(H,30,36)/t19-,20+,26+/m0/s1. The molecule has 1 aromatic heterocycles. The van der Waals surface area contributed by atoms with Crippen LogP contribution in [0.25, 0.3) is 0 Å². The van der Waals surface area contributed by atoms with Gasteiger partial charge in [-0.1, -0.05) is 12.1 Å². The van der Waals surface area contributed by atoms with Gasteiger partial charge in [-0.2, -0.15) is 4.31 Å². The Bertz CT molecular complexity index is 1370. The largest absolute Gasteiger partial charge is 0.488 e. The van der Waals surface area contributed by atoms with Gasteiger partial charge in [0.05, 0.1) is 38.8 Å². The molecule has 0 saturated carbocycles. The number of amides is 2. The van der Waals surface area contributed by atoms with Gasteiger partial charge in [-0.05, 0) is 39.0 Å². The van der Waals surface area contributed by atoms with Crippen LogP contribution in [-0.2, 0) is 30.8 Å². The van der Waals surface area contributed by atoms with Crippen LogP contribution in [0.1, 0.15) is 37.3 Å². The number of sulfonamides is 1. The van der Waals surface area contributed by atoms with Crippen molar-refractivity contribution in [3.8, 4) is 5.75 Å². The van der Waals surface area contributed by atoms with Gasteiger partial charge < -0.3 is 29.3 Å². The highest BCUT2D eigenvalue weighted by Crippen LogP contribution is 2.30. The Morgan fingerprint density at radius 2 is 1.98 bits per heavy atom. The van der Waals surface area contributed by atoms with Crippen LogP contribution in [0.3, 0.4) is 0 Å². The first-order chi connectivity index (χ1) is 20.4. The monoisotopic (exact) mass is 621 g/mol. The number of aryl methyl sites for hydroxylation is 2. The minimum absolute atomic E-state index is 0.0101. The number of benzene rings is 1. The summed E-state index contributed by atoms with van der Waals surface area (Å²) in [5, 5.41) is 16.6. The van der Waals surface area contributed by atoms with Gasteiger partial charge in [-0.25, -0.2) is 8.42 Å². The molecule has 0 spiro atoms. The molecule has 2 aliphatic rings. The van der Waals surface area contributed by atoms with Crippen molar-refractivity contribution in [3.63, 3.8) is 0 Å². The molecule has 0 bridgehead atoms. The molecule has 2 amide bonds. The van der Waals surface area contributed by atoms with Crippen LogP contribution in [0.5, 0.6) is 5.75 Å². The maximum Gasteiger partial charge on any atom is 0.248 e. The molecule has 0 aliphatic carbocycles. The molecule has 0 radical (unpaired) electrons. The fourth-order valence-electron chi connectivity index (χ4n) is 5.38. The molecule has 14 heteroatoms. The maximum absolute atomic E-state index is 13.5. The van der Waals surface area contributed by atoms with E-state index in [0.717, 1.165) is 13.1 Å². The van der Waals surface area contributed by atoms with E-state index in [2.05, 4.69) is 15.4 Å². The number of aliphatic hydroxyl groups excluding tert-OH is 1. The summed E-state index contributed by atoms with van der Waals surface area (Å²) in [4.78, 5) is 30.0. The zero-order chi connectivity index (χ0) is 31.3. The number of nitrogens with zero attached hydrogens (tertiary/aromatic N) is 4. The fraction of sp³-hybridized carbons (Fsp3) is 0.621. The van der Waals surface area contributed by atoms with Crippen LogP contribution in [0.15, 0.2) is 27.6 Å². The van der Waals surface area contributed by atoms with Crippen molar-refractivity contribution < 1.29 is 37.1 Å². The van der Waals surface area contributed by atoms with E-state index in [1.165, 1.54) is 11.4 Å². The number of carbonyl (C=O) groups excluding carboxylic acids is 2. The van der Waals surface area contributed by atoms with Gasteiger partial charge in [0, 0.05) is 56.8 Å². The SMILES string of the molecule is Cc1noc(C)c1S(=O)(=O)N(C)C[C@H]1Oc2ccc(NC(=O)CCN3CCOCC3)cc2CC(=O)N([C@H](C)CO)C[C@@H]1C. The average Bonchev–Trinajstić information content (AvgIpc) is 3.34. The smallest absolute Gasteiger partial charge is 0.248 e. The van der Waals surface area contributed by atoms with Crippen LogP contribution in [0.4, 0.5) is 5.69 Å². The van der Waals surface area contributed by atoms with E-state index >= 15 is 0 Å². The summed E-state index contributed by atoms with van der Waals surface area (Å²) in [6.45, 7) is 10.3. The Morgan fingerprint density at radius 1 is 1.26 bits per heavy atom. The van der Waals surface area contributed by atoms with Crippen LogP contribution in [0, 0.1) is 19.8 Å². The van der Waals surface area contributed by atoms with Crippen molar-refractivity contribution in [2.45, 2.75) is 57.6 Å². The third-order valence-electron chi connectivity index (χ3n) is 8.03. The summed E-state index contributed by atoms with van der Waals surface area (Å²) in [5.41, 5.74) is 1.36. The summed E-state index contributed by atoms with van der Waals surface area (Å²) in [7, 11) is -2.48. The minimum atomic E-state index is -3.95. The number of ether oxygens (including phenoxy) is 2. The number of hydrogen-bond acceptors (Lipinski definition) is 10. The number of carbonyl (C=O) groups is 2. The maximum atomic E-state index is 13.5. The number of aliphatic hydroxyl groups is 1. The van der Waals surface area contributed by atoms with Crippen molar-refractivity contribution in [2.24, 2.45) is 5.92 Å². The van der Waals surface area contributed by atoms with Gasteiger partial charge in [-0.15, -0.1) is 0 Å². The lowest BCUT2D eigenvalue weighted by molar-refractivity contribution is -0.134. The van der Waals surface area contributed by atoms with Crippen LogP contribution < -0.4 is 10.1 Å². The average molecular weight is 622 g/mol. The lowest BCUT2D eigenvalue weighted by Crippen LogP contribution is -2.48. The molecule has 1 saturated heterocycles. The summed E-state index contributed by atoms with van der Waals surface area (Å²) in [5.74, 6) is -0.0172. The summed E-state index contributed by atoms with van der Waals surface area (Å²) < 4.78 is 45.1. The molecule has 13 nitrogen and oxygen atoms in total. The van der Waals surface area contributed by atoms with E-state index in [0.29, 0.717) is 43.2 Å². The molecule has 43 heavy (non-hydrogen) atoms. The molecule has 3 atom stereocenters. The number of hydrogen-bond donors (Lipinski definition) is 2. The van der Waals surface area contributed by atoms with Gasteiger partial charge in [0.2, 0.25) is 21.8 Å². The van der Waals surface area contributed by atoms with Crippen LogP contribution >= 0.6 is 0 Å². The summed E-state index contributed by atoms with van der Waals surface area (Å²) in [6, 6.07) is 4.69. The highest BCUT2D eigenvalue weighted by atomic mass is 32.2. The molecule has 4 rings (SSSR count). The number of morpholine rings is 1. The van der Waals surface area contributed by atoms with Gasteiger partial charge >= 0.3 is 0 Å². The van der Waals surface area contributed by atoms with E-state index < -0.39 is 22.2 Å². The van der Waals surface area contributed by atoms with E-state index in [1.807, 2.05) is 6.92 Å². The number of likely N-dealkylation sites (N-methyl/N-ethyl adjacent to an activating group) is 1. The lowest BCUT2D eigenvalue weighted by Gasteiger charge is -2.33. The van der Waals surface area contributed by atoms with Crippen molar-refractivity contribution in [2.75, 3.05) is 64.9 Å². The zero-order valence-electron chi connectivity index (χ0n) is 25.5. The first-order valence-electron chi connectivity index (χ1n) is 14.6. The molecular weight excluding hydrogens is 578 g/mol. The quantitative estimate of drug-likeness (QED) is 0.398. The second-order valence-electron chi connectivity index (χ2n) is 11.4. The Morgan fingerprint density at radius 3 is 2.63 bits per heavy atom. The topological polar surface area (TPSA) is 155 Å². The second kappa shape index (κ2) is 14.2. The Labute approximate surface area is 253 Å². The highest BCUT2D eigenvalue weighted by molar-refractivity contribution is 7.89. The minimum Gasteiger partial charge on any atom is -0.488 e. The van der Waals surface area contributed by atoms with Gasteiger partial charge in [0.25, 0.3) is 0 Å². The number of aromatic nitrogens is 1. The molecule has 238 valence electrons. The molecule has 1 fully saturated rings. The number of nitrogens with one attached hydrogen (secondary N) is 1. The lowest BCUT2D eigenvalue weighted by atomic mass is 10.0. The van der Waals surface area contributed by atoms with Crippen molar-refractivity contribution >= 4 is 27.5 Å². The molecule has 2 aliphatic heterocycles. The predicted molar refractivity (Wildman–Crippen MR) is 158 cm³/mol. The Kier molecular flexibility index (Phi) is 10.8. The third kappa shape index (κ3) is 7.92. The van der Waals surface area contributed by atoms with E-state index in [9.17, 15) is 23.1 Å². The number of rotatable bonds is 10. The molecule has 3 heterocycles. The number of anilines is 1. The Hall–Kier alpha value is -3.04. The first kappa shape index (κ1) is 32.9. The molecule has 2 N–H and O–H groups in total. The predicted octanol–water partition coefficient (Wildman–Crippen LogP) is 1.42. The van der Waals surface area contributed by atoms with E-state index in [4.69, 9.17) is 14.0 Å². The number of fused-ring (bicyclic) bond motifs is 1. The molecular formula is C29H43N5O8S. The van der Waals surface area contributed by atoms with E-state index in [-0.39, 0.29) is 60.2 Å². The molecule has 0 unspecified atom stereocenters. The van der Waals surface area contributed by atoms with Gasteiger partial charge in [0.1, 0.15) is 22.4 Å².